The first kappa shape index (κ1) is 10.1. The second-order valence-electron chi connectivity index (χ2n) is 2.79. The number of hydrogen-bond donors (Lipinski definition) is 0. The van der Waals surface area contributed by atoms with Gasteiger partial charge in [0.25, 0.3) is 0 Å². The van der Waals surface area contributed by atoms with Gasteiger partial charge in [0.15, 0.2) is 5.78 Å². The molecular weight excluding hydrogens is 280 g/mol. The lowest BCUT2D eigenvalue weighted by Crippen LogP contribution is -2.00. The molecule has 0 saturated carbocycles. The highest BCUT2D eigenvalue weighted by Gasteiger charge is 2.11. The third-order valence-electron chi connectivity index (χ3n) is 1.83. The van der Waals surface area contributed by atoms with Crippen LogP contribution in [0.25, 0.3) is 0 Å². The SMILES string of the molecule is O=C(Cc1cccs1)c1ccsc1Br. The van der Waals surface area contributed by atoms with Gasteiger partial charge in [0.1, 0.15) is 0 Å². The van der Waals surface area contributed by atoms with Gasteiger partial charge in [-0.15, -0.1) is 22.7 Å². The summed E-state index contributed by atoms with van der Waals surface area (Å²) in [5.41, 5.74) is 0.795. The molecule has 0 aliphatic heterocycles. The average molecular weight is 287 g/mol. The van der Waals surface area contributed by atoms with Crippen molar-refractivity contribution in [2.24, 2.45) is 0 Å². The molecule has 0 radical (unpaired) electrons. The Kier molecular flexibility index (Phi) is 3.15. The lowest BCUT2D eigenvalue weighted by molar-refractivity contribution is 0.0993. The Morgan fingerprint density at radius 1 is 1.29 bits per heavy atom. The van der Waals surface area contributed by atoms with Gasteiger partial charge in [0.05, 0.1) is 3.79 Å². The van der Waals surface area contributed by atoms with Crippen molar-refractivity contribution in [2.45, 2.75) is 6.42 Å². The molecule has 0 N–H and O–H groups in total. The zero-order valence-electron chi connectivity index (χ0n) is 7.20. The van der Waals surface area contributed by atoms with Gasteiger partial charge < -0.3 is 0 Å². The van der Waals surface area contributed by atoms with Crippen molar-refractivity contribution < 1.29 is 4.79 Å². The lowest BCUT2D eigenvalue weighted by Gasteiger charge is -1.96. The molecule has 72 valence electrons. The summed E-state index contributed by atoms with van der Waals surface area (Å²) < 4.78 is 0.930. The molecule has 0 aliphatic rings. The third-order valence-corrected chi connectivity index (χ3v) is 4.40. The molecule has 14 heavy (non-hydrogen) atoms. The van der Waals surface area contributed by atoms with Crippen LogP contribution in [0.1, 0.15) is 15.2 Å². The molecule has 2 aromatic heterocycles. The Morgan fingerprint density at radius 2 is 2.14 bits per heavy atom. The number of thiophene rings is 2. The van der Waals surface area contributed by atoms with Crippen molar-refractivity contribution in [1.82, 2.24) is 0 Å². The van der Waals surface area contributed by atoms with Crippen LogP contribution in [-0.2, 0) is 6.42 Å². The summed E-state index contributed by atoms with van der Waals surface area (Å²) in [4.78, 5) is 12.9. The van der Waals surface area contributed by atoms with Crippen molar-refractivity contribution in [1.29, 1.82) is 0 Å². The number of halogens is 1. The molecule has 4 heteroatoms. The van der Waals surface area contributed by atoms with Crippen LogP contribution < -0.4 is 0 Å². The van der Waals surface area contributed by atoms with E-state index >= 15 is 0 Å². The van der Waals surface area contributed by atoms with Gasteiger partial charge in [-0.1, -0.05) is 6.07 Å². The van der Waals surface area contributed by atoms with Crippen LogP contribution in [0.2, 0.25) is 0 Å². The maximum absolute atomic E-state index is 11.8. The van der Waals surface area contributed by atoms with E-state index in [2.05, 4.69) is 15.9 Å². The van der Waals surface area contributed by atoms with Crippen LogP contribution in [0.5, 0.6) is 0 Å². The van der Waals surface area contributed by atoms with E-state index in [1.165, 1.54) is 0 Å². The van der Waals surface area contributed by atoms with E-state index in [1.54, 1.807) is 22.7 Å². The summed E-state index contributed by atoms with van der Waals surface area (Å²) >= 11 is 6.54. The average Bonchev–Trinajstić information content (AvgIpc) is 2.75. The Balaban J connectivity index is 2.14. The van der Waals surface area contributed by atoms with Crippen molar-refractivity contribution in [3.05, 3.63) is 43.2 Å². The summed E-state index contributed by atoms with van der Waals surface area (Å²) in [6.07, 6.45) is 0.507. The van der Waals surface area contributed by atoms with E-state index in [9.17, 15) is 4.79 Å². The topological polar surface area (TPSA) is 17.1 Å². The fourth-order valence-electron chi connectivity index (χ4n) is 1.16. The smallest absolute Gasteiger partial charge is 0.170 e. The van der Waals surface area contributed by atoms with Crippen LogP contribution in [0.3, 0.4) is 0 Å². The number of carbonyl (C=O) groups is 1. The third kappa shape index (κ3) is 2.13. The van der Waals surface area contributed by atoms with Gasteiger partial charge >= 0.3 is 0 Å². The molecule has 2 rings (SSSR count). The minimum atomic E-state index is 0.181. The first-order valence-corrected chi connectivity index (χ1v) is 6.61. The zero-order valence-corrected chi connectivity index (χ0v) is 10.4. The molecule has 0 amide bonds. The maximum atomic E-state index is 11.8. The van der Waals surface area contributed by atoms with Crippen LogP contribution in [0.4, 0.5) is 0 Å². The van der Waals surface area contributed by atoms with Crippen molar-refractivity contribution in [3.63, 3.8) is 0 Å². The molecule has 2 aromatic rings. The van der Waals surface area contributed by atoms with E-state index in [1.807, 2.05) is 29.0 Å². The summed E-state index contributed by atoms with van der Waals surface area (Å²) in [7, 11) is 0. The molecule has 0 fully saturated rings. The maximum Gasteiger partial charge on any atom is 0.170 e. The molecule has 1 nitrogen and oxygen atoms in total. The second-order valence-corrected chi connectivity index (χ2v) is 6.05. The fourth-order valence-corrected chi connectivity index (χ4v) is 3.17. The van der Waals surface area contributed by atoms with Crippen LogP contribution >= 0.6 is 38.6 Å². The number of Topliss-reactive ketones (excluding diaryl/α,β-unsaturated/α-hetero) is 1. The Bertz CT molecular complexity index is 431. The Hall–Kier alpha value is -0.450. The van der Waals surface area contributed by atoms with E-state index in [4.69, 9.17) is 0 Å². The quantitative estimate of drug-likeness (QED) is 0.780. The zero-order chi connectivity index (χ0) is 9.97. The minimum absolute atomic E-state index is 0.181. The fraction of sp³-hybridized carbons (Fsp3) is 0.100. The van der Waals surface area contributed by atoms with Gasteiger partial charge in [-0.3, -0.25) is 4.79 Å². The van der Waals surface area contributed by atoms with Gasteiger partial charge in [-0.2, -0.15) is 0 Å². The van der Waals surface area contributed by atoms with E-state index in [-0.39, 0.29) is 5.78 Å². The summed E-state index contributed by atoms with van der Waals surface area (Å²) in [5.74, 6) is 0.181. The first-order chi connectivity index (χ1) is 6.77. The number of rotatable bonds is 3. The van der Waals surface area contributed by atoms with E-state index in [0.717, 1.165) is 14.2 Å². The lowest BCUT2D eigenvalue weighted by atomic mass is 10.1. The standard InChI is InChI=1S/C10H7BrOS2/c11-10-8(3-5-14-10)9(12)6-7-2-1-4-13-7/h1-5H,6H2. The highest BCUT2D eigenvalue weighted by Crippen LogP contribution is 2.25. The number of ketones is 1. The van der Waals surface area contributed by atoms with Gasteiger partial charge in [-0.25, -0.2) is 0 Å². The Morgan fingerprint density at radius 3 is 2.71 bits per heavy atom. The van der Waals surface area contributed by atoms with Crippen molar-refractivity contribution >= 4 is 44.4 Å². The first-order valence-electron chi connectivity index (χ1n) is 4.06. The van der Waals surface area contributed by atoms with E-state index < -0.39 is 0 Å². The second kappa shape index (κ2) is 4.38. The van der Waals surface area contributed by atoms with Crippen molar-refractivity contribution in [2.75, 3.05) is 0 Å². The van der Waals surface area contributed by atoms with Gasteiger partial charge in [-0.05, 0) is 38.8 Å². The molecule has 0 spiro atoms. The molecule has 0 aromatic carbocycles. The van der Waals surface area contributed by atoms with Crippen LogP contribution in [0, 0.1) is 0 Å². The molecule has 0 aliphatic carbocycles. The predicted molar refractivity (Wildman–Crippen MR) is 64.4 cm³/mol. The largest absolute Gasteiger partial charge is 0.294 e. The molecule has 2 heterocycles. The van der Waals surface area contributed by atoms with Gasteiger partial charge in [0, 0.05) is 16.9 Å². The predicted octanol–water partition coefficient (Wildman–Crippen LogP) is 4.00. The summed E-state index contributed by atoms with van der Waals surface area (Å²) in [6.45, 7) is 0. The molecule has 0 bridgehead atoms. The molecule has 0 unspecified atom stereocenters. The molecule has 0 atom stereocenters. The minimum Gasteiger partial charge on any atom is -0.294 e. The summed E-state index contributed by atoms with van der Waals surface area (Å²) in [5, 5.41) is 3.91. The Labute approximate surface area is 98.5 Å². The number of hydrogen-bond acceptors (Lipinski definition) is 3. The van der Waals surface area contributed by atoms with Crippen LogP contribution in [-0.4, -0.2) is 5.78 Å². The monoisotopic (exact) mass is 286 g/mol. The van der Waals surface area contributed by atoms with Crippen LogP contribution in [0.15, 0.2) is 32.7 Å². The normalized spacial score (nSPS) is 10.4. The highest BCUT2D eigenvalue weighted by atomic mass is 79.9. The molecular formula is C10H7BrOS2. The highest BCUT2D eigenvalue weighted by molar-refractivity contribution is 9.11. The van der Waals surface area contributed by atoms with E-state index in [0.29, 0.717) is 6.42 Å². The molecule has 0 saturated heterocycles. The van der Waals surface area contributed by atoms with Gasteiger partial charge in [0.2, 0.25) is 0 Å². The van der Waals surface area contributed by atoms with Crippen molar-refractivity contribution in [3.8, 4) is 0 Å². The summed E-state index contributed by atoms with van der Waals surface area (Å²) in [6, 6.07) is 5.82. The number of carbonyl (C=O) groups excluding carboxylic acids is 1.